The highest BCUT2D eigenvalue weighted by Crippen LogP contribution is 2.28. The van der Waals surface area contributed by atoms with Gasteiger partial charge in [0, 0.05) is 19.8 Å². The number of sulfonamides is 1. The third kappa shape index (κ3) is 5.77. The molecule has 0 atom stereocenters. The number of hydrogen-bond donors (Lipinski definition) is 2. The number of anilines is 1. The van der Waals surface area contributed by atoms with Crippen molar-refractivity contribution in [3.63, 3.8) is 0 Å². The van der Waals surface area contributed by atoms with Crippen molar-refractivity contribution >= 4 is 21.6 Å². The summed E-state index contributed by atoms with van der Waals surface area (Å²) >= 11 is 0. The number of halogens is 1. The molecule has 1 saturated carbocycles. The van der Waals surface area contributed by atoms with Crippen LogP contribution < -0.4 is 10.0 Å². The van der Waals surface area contributed by atoms with Gasteiger partial charge >= 0.3 is 0 Å². The predicted octanol–water partition coefficient (Wildman–Crippen LogP) is 3.17. The lowest BCUT2D eigenvalue weighted by Crippen LogP contribution is -2.27. The van der Waals surface area contributed by atoms with Crippen LogP contribution in [0.25, 0.3) is 0 Å². The highest BCUT2D eigenvalue weighted by atomic mass is 32.2. The lowest BCUT2D eigenvalue weighted by atomic mass is 10.1. The molecule has 8 heteroatoms. The summed E-state index contributed by atoms with van der Waals surface area (Å²) in [5.74, 6) is -0.199. The van der Waals surface area contributed by atoms with E-state index in [0.29, 0.717) is 25.5 Å². The highest BCUT2D eigenvalue weighted by Gasteiger charge is 2.21. The Morgan fingerprint density at radius 2 is 1.82 bits per heavy atom. The Balaban J connectivity index is 1.58. The van der Waals surface area contributed by atoms with E-state index in [1.54, 1.807) is 18.2 Å². The first kappa shape index (κ1) is 20.3. The summed E-state index contributed by atoms with van der Waals surface area (Å²) < 4.78 is 45.9. The third-order valence-corrected chi connectivity index (χ3v) is 5.72. The lowest BCUT2D eigenvalue weighted by molar-refractivity contribution is 0.0938. The van der Waals surface area contributed by atoms with Crippen LogP contribution >= 0.6 is 0 Å². The summed E-state index contributed by atoms with van der Waals surface area (Å²) in [7, 11) is -3.94. The van der Waals surface area contributed by atoms with Crippen LogP contribution in [0.15, 0.2) is 53.4 Å². The minimum absolute atomic E-state index is 0.0862. The molecule has 0 bridgehead atoms. The zero-order valence-electron chi connectivity index (χ0n) is 15.4. The fraction of sp³-hybridized carbons (Fsp3) is 0.350. The van der Waals surface area contributed by atoms with Gasteiger partial charge in [0.15, 0.2) is 0 Å². The monoisotopic (exact) mass is 406 g/mol. The molecule has 1 aliphatic carbocycles. The molecule has 1 amide bonds. The van der Waals surface area contributed by atoms with Gasteiger partial charge in [-0.1, -0.05) is 12.1 Å². The Bertz CT molecular complexity index is 912. The van der Waals surface area contributed by atoms with Crippen LogP contribution in [0, 0.1) is 11.7 Å². The van der Waals surface area contributed by atoms with E-state index in [9.17, 15) is 17.6 Å². The van der Waals surface area contributed by atoms with Crippen molar-refractivity contribution in [1.29, 1.82) is 0 Å². The Hall–Kier alpha value is -2.45. The Morgan fingerprint density at radius 3 is 2.54 bits per heavy atom. The van der Waals surface area contributed by atoms with Gasteiger partial charge < -0.3 is 10.1 Å². The summed E-state index contributed by atoms with van der Waals surface area (Å²) in [5, 5.41) is 2.77. The second-order valence-corrected chi connectivity index (χ2v) is 8.42. The van der Waals surface area contributed by atoms with Crippen molar-refractivity contribution in [2.45, 2.75) is 24.2 Å². The van der Waals surface area contributed by atoms with Gasteiger partial charge in [0.1, 0.15) is 5.82 Å². The SMILES string of the molecule is O=C(NCCCOCC1CC1)c1ccccc1NS(=O)(=O)c1ccc(F)cc1. The molecular weight excluding hydrogens is 383 g/mol. The summed E-state index contributed by atoms with van der Waals surface area (Å²) in [6.07, 6.45) is 3.16. The number of amides is 1. The van der Waals surface area contributed by atoms with E-state index in [1.165, 1.54) is 31.0 Å². The molecule has 6 nitrogen and oxygen atoms in total. The molecule has 28 heavy (non-hydrogen) atoms. The average Bonchev–Trinajstić information content (AvgIpc) is 3.49. The van der Waals surface area contributed by atoms with Crippen LogP contribution in [0.4, 0.5) is 10.1 Å². The Morgan fingerprint density at radius 1 is 1.11 bits per heavy atom. The van der Waals surface area contributed by atoms with Crippen LogP contribution in [-0.2, 0) is 14.8 Å². The Kier molecular flexibility index (Phi) is 6.64. The average molecular weight is 406 g/mol. The number of ether oxygens (including phenoxy) is 1. The largest absolute Gasteiger partial charge is 0.381 e. The van der Waals surface area contributed by atoms with E-state index >= 15 is 0 Å². The zero-order chi connectivity index (χ0) is 20.0. The van der Waals surface area contributed by atoms with Gasteiger partial charge in [0.2, 0.25) is 0 Å². The minimum atomic E-state index is -3.94. The van der Waals surface area contributed by atoms with Crippen molar-refractivity contribution in [1.82, 2.24) is 5.32 Å². The third-order valence-electron chi connectivity index (χ3n) is 4.34. The van der Waals surface area contributed by atoms with Crippen molar-refractivity contribution in [2.75, 3.05) is 24.5 Å². The first-order valence-electron chi connectivity index (χ1n) is 9.19. The predicted molar refractivity (Wildman–Crippen MR) is 104 cm³/mol. The van der Waals surface area contributed by atoms with E-state index in [0.717, 1.165) is 18.7 Å². The first-order valence-corrected chi connectivity index (χ1v) is 10.7. The van der Waals surface area contributed by atoms with Crippen LogP contribution in [0.5, 0.6) is 0 Å². The van der Waals surface area contributed by atoms with Gasteiger partial charge in [-0.25, -0.2) is 12.8 Å². The Labute approximate surface area is 164 Å². The molecule has 0 saturated heterocycles. The summed E-state index contributed by atoms with van der Waals surface area (Å²) in [6, 6.07) is 10.8. The van der Waals surface area contributed by atoms with Crippen LogP contribution in [0.2, 0.25) is 0 Å². The zero-order valence-corrected chi connectivity index (χ0v) is 16.2. The molecule has 2 aromatic rings. The van der Waals surface area contributed by atoms with E-state index < -0.39 is 15.8 Å². The van der Waals surface area contributed by atoms with E-state index in [1.807, 2.05) is 0 Å². The van der Waals surface area contributed by atoms with Gasteiger partial charge in [-0.3, -0.25) is 9.52 Å². The van der Waals surface area contributed by atoms with Gasteiger partial charge in [-0.2, -0.15) is 0 Å². The molecule has 0 aliphatic heterocycles. The van der Waals surface area contributed by atoms with Gasteiger partial charge in [0.05, 0.1) is 16.1 Å². The van der Waals surface area contributed by atoms with E-state index in [-0.39, 0.29) is 22.1 Å². The molecule has 0 radical (unpaired) electrons. The molecule has 1 fully saturated rings. The maximum Gasteiger partial charge on any atom is 0.261 e. The number of rotatable bonds is 10. The topological polar surface area (TPSA) is 84.5 Å². The second-order valence-electron chi connectivity index (χ2n) is 6.73. The molecule has 150 valence electrons. The number of nitrogens with one attached hydrogen (secondary N) is 2. The lowest BCUT2D eigenvalue weighted by Gasteiger charge is -2.13. The molecule has 0 heterocycles. The fourth-order valence-corrected chi connectivity index (χ4v) is 3.67. The highest BCUT2D eigenvalue weighted by molar-refractivity contribution is 7.92. The minimum Gasteiger partial charge on any atom is -0.381 e. The quantitative estimate of drug-likeness (QED) is 0.594. The normalized spacial score (nSPS) is 13.9. The van der Waals surface area contributed by atoms with Crippen molar-refractivity contribution in [3.05, 3.63) is 59.9 Å². The molecule has 0 aromatic heterocycles. The van der Waals surface area contributed by atoms with Crippen molar-refractivity contribution in [2.24, 2.45) is 5.92 Å². The summed E-state index contributed by atoms with van der Waals surface area (Å²) in [5.41, 5.74) is 0.376. The summed E-state index contributed by atoms with van der Waals surface area (Å²) in [4.78, 5) is 12.4. The standard InChI is InChI=1S/C20H23FN2O4S/c21-16-8-10-17(11-9-16)28(25,26)23-19-5-2-1-4-18(19)20(24)22-12-3-13-27-14-15-6-7-15/h1-2,4-5,8-11,15,23H,3,6-7,12-14H2,(H,22,24). The smallest absolute Gasteiger partial charge is 0.261 e. The van der Waals surface area contributed by atoms with Crippen LogP contribution in [0.1, 0.15) is 29.6 Å². The van der Waals surface area contributed by atoms with Crippen molar-refractivity contribution in [3.8, 4) is 0 Å². The number of benzene rings is 2. The molecule has 2 N–H and O–H groups in total. The fourth-order valence-electron chi connectivity index (χ4n) is 2.59. The van der Waals surface area contributed by atoms with Crippen molar-refractivity contribution < 1.29 is 22.3 Å². The number of para-hydroxylation sites is 1. The molecule has 0 unspecified atom stereocenters. The van der Waals surface area contributed by atoms with Crippen LogP contribution in [-0.4, -0.2) is 34.1 Å². The molecule has 0 spiro atoms. The molecule has 2 aromatic carbocycles. The maximum absolute atomic E-state index is 13.0. The molecule has 3 rings (SSSR count). The van der Waals surface area contributed by atoms with E-state index in [2.05, 4.69) is 10.0 Å². The van der Waals surface area contributed by atoms with Gasteiger partial charge in [0.25, 0.3) is 15.9 Å². The number of carbonyl (C=O) groups is 1. The first-order chi connectivity index (χ1) is 13.5. The summed E-state index contributed by atoms with van der Waals surface area (Å²) in [6.45, 7) is 1.79. The van der Waals surface area contributed by atoms with Gasteiger partial charge in [-0.05, 0) is 61.6 Å². The molecule has 1 aliphatic rings. The second kappa shape index (κ2) is 9.16. The van der Waals surface area contributed by atoms with Gasteiger partial charge in [-0.15, -0.1) is 0 Å². The number of carbonyl (C=O) groups excluding carboxylic acids is 1. The number of hydrogen-bond acceptors (Lipinski definition) is 4. The van der Waals surface area contributed by atoms with E-state index in [4.69, 9.17) is 4.74 Å². The van der Waals surface area contributed by atoms with Crippen LogP contribution in [0.3, 0.4) is 0 Å². The maximum atomic E-state index is 13.0. The molecular formula is C20H23FN2O4S.